The van der Waals surface area contributed by atoms with Crippen molar-refractivity contribution in [2.45, 2.75) is 45.8 Å². The van der Waals surface area contributed by atoms with Gasteiger partial charge in [-0.25, -0.2) is 0 Å². The quantitative estimate of drug-likeness (QED) is 0.857. The molecule has 1 aromatic carbocycles. The molecule has 0 saturated heterocycles. The number of halogens is 1. The highest BCUT2D eigenvalue weighted by molar-refractivity contribution is 9.10. The Balaban J connectivity index is 2.44. The average Bonchev–Trinajstić information content (AvgIpc) is 2.66. The normalized spacial score (nSPS) is 21.8. The van der Waals surface area contributed by atoms with E-state index < -0.39 is 0 Å². The first-order valence-corrected chi connectivity index (χ1v) is 7.14. The Morgan fingerprint density at radius 2 is 2.17 bits per heavy atom. The summed E-state index contributed by atoms with van der Waals surface area (Å²) >= 11 is 3.65. The minimum atomic E-state index is 0.113. The second kappa shape index (κ2) is 5.59. The fraction of sp³-hybridized carbons (Fsp3) is 0.571. The summed E-state index contributed by atoms with van der Waals surface area (Å²) in [5.74, 6) is 0.987. The van der Waals surface area contributed by atoms with Gasteiger partial charge in [0.2, 0.25) is 0 Å². The maximum Gasteiger partial charge on any atom is 0.125 e. The predicted octanol–water partition coefficient (Wildman–Crippen LogP) is 3.82. The molecule has 0 amide bonds. The zero-order valence-electron chi connectivity index (χ0n) is 11.3. The molecule has 0 spiro atoms. The highest BCUT2D eigenvalue weighted by Gasteiger charge is 2.36. The van der Waals surface area contributed by atoms with Crippen LogP contribution in [0.25, 0.3) is 0 Å². The maximum absolute atomic E-state index is 6.07. The Morgan fingerprint density at radius 1 is 1.44 bits per heavy atom. The van der Waals surface area contributed by atoms with Crippen molar-refractivity contribution in [3.63, 3.8) is 0 Å². The third-order valence-corrected chi connectivity index (χ3v) is 4.69. The van der Waals surface area contributed by atoms with E-state index in [9.17, 15) is 0 Å². The largest absolute Gasteiger partial charge is 0.488 e. The number of benzene rings is 1. The number of ether oxygens (including phenoxy) is 1. The molecule has 2 unspecified atom stereocenters. The van der Waals surface area contributed by atoms with Gasteiger partial charge < -0.3 is 9.57 Å². The molecule has 0 aliphatic carbocycles. The first-order valence-electron chi connectivity index (χ1n) is 6.34. The minimum absolute atomic E-state index is 0.113. The molecule has 1 aliphatic rings. The standard InChI is InChI=1S/C14H20BrNO2/c1-5-6-10-14(16-17-4)12-9(3)13(15)8(2)7-11(12)18-10/h7,10,14,16H,5-6H2,1-4H3. The third-order valence-electron chi connectivity index (χ3n) is 3.47. The number of hydroxylamine groups is 1. The first-order chi connectivity index (χ1) is 8.60. The first kappa shape index (κ1) is 13.8. The van der Waals surface area contributed by atoms with Crippen LogP contribution >= 0.6 is 15.9 Å². The Hall–Kier alpha value is -0.580. The Bertz CT molecular complexity index is 448. The molecule has 18 heavy (non-hydrogen) atoms. The van der Waals surface area contributed by atoms with Gasteiger partial charge in [0.25, 0.3) is 0 Å². The molecule has 1 heterocycles. The highest BCUT2D eigenvalue weighted by Crippen LogP contribution is 2.44. The van der Waals surface area contributed by atoms with Crippen molar-refractivity contribution in [3.05, 3.63) is 27.2 Å². The SMILES string of the molecule is CCCC1Oc2cc(C)c(Br)c(C)c2C1NOC. The summed E-state index contributed by atoms with van der Waals surface area (Å²) in [4.78, 5) is 5.14. The topological polar surface area (TPSA) is 30.5 Å². The number of aryl methyl sites for hydroxylation is 1. The zero-order valence-corrected chi connectivity index (χ0v) is 12.9. The summed E-state index contributed by atoms with van der Waals surface area (Å²) in [6, 6.07) is 2.22. The molecule has 4 heteroatoms. The summed E-state index contributed by atoms with van der Waals surface area (Å²) in [7, 11) is 1.65. The Kier molecular flexibility index (Phi) is 4.30. The van der Waals surface area contributed by atoms with Crippen molar-refractivity contribution in [2.75, 3.05) is 7.11 Å². The fourth-order valence-corrected chi connectivity index (χ4v) is 2.94. The van der Waals surface area contributed by atoms with Gasteiger partial charge in [0.05, 0.1) is 13.2 Å². The van der Waals surface area contributed by atoms with E-state index in [1.165, 1.54) is 16.7 Å². The molecule has 1 aromatic rings. The van der Waals surface area contributed by atoms with Gasteiger partial charge >= 0.3 is 0 Å². The van der Waals surface area contributed by atoms with Crippen molar-refractivity contribution in [2.24, 2.45) is 0 Å². The van der Waals surface area contributed by atoms with Gasteiger partial charge in [0.15, 0.2) is 0 Å². The van der Waals surface area contributed by atoms with Crippen LogP contribution in [0.15, 0.2) is 10.5 Å². The molecular formula is C14H20BrNO2. The van der Waals surface area contributed by atoms with E-state index in [4.69, 9.17) is 9.57 Å². The van der Waals surface area contributed by atoms with Gasteiger partial charge in [-0.3, -0.25) is 0 Å². The lowest BCUT2D eigenvalue weighted by atomic mass is 9.96. The molecule has 0 fully saturated rings. The van der Waals surface area contributed by atoms with E-state index in [2.05, 4.69) is 48.2 Å². The van der Waals surface area contributed by atoms with Crippen LogP contribution in [-0.4, -0.2) is 13.2 Å². The number of rotatable bonds is 4. The average molecular weight is 314 g/mol. The summed E-state index contributed by atoms with van der Waals surface area (Å²) < 4.78 is 7.22. The number of hydrogen-bond acceptors (Lipinski definition) is 3. The molecule has 2 atom stereocenters. The molecule has 1 aliphatic heterocycles. The third kappa shape index (κ3) is 2.29. The van der Waals surface area contributed by atoms with E-state index in [0.717, 1.165) is 23.1 Å². The van der Waals surface area contributed by atoms with Crippen molar-refractivity contribution in [3.8, 4) is 5.75 Å². The van der Waals surface area contributed by atoms with Crippen LogP contribution in [0.1, 0.15) is 42.5 Å². The molecule has 3 nitrogen and oxygen atoms in total. The van der Waals surface area contributed by atoms with E-state index in [1.54, 1.807) is 7.11 Å². The van der Waals surface area contributed by atoms with Gasteiger partial charge in [0, 0.05) is 10.0 Å². The summed E-state index contributed by atoms with van der Waals surface area (Å²) in [5, 5.41) is 0. The minimum Gasteiger partial charge on any atom is -0.488 e. The van der Waals surface area contributed by atoms with E-state index >= 15 is 0 Å². The molecular weight excluding hydrogens is 294 g/mol. The van der Waals surface area contributed by atoms with Gasteiger partial charge in [0.1, 0.15) is 11.9 Å². The van der Waals surface area contributed by atoms with Crippen molar-refractivity contribution < 1.29 is 9.57 Å². The molecule has 0 radical (unpaired) electrons. The molecule has 2 rings (SSSR count). The van der Waals surface area contributed by atoms with Crippen LogP contribution in [0.2, 0.25) is 0 Å². The lowest BCUT2D eigenvalue weighted by molar-refractivity contribution is 0.0268. The van der Waals surface area contributed by atoms with E-state index in [-0.39, 0.29) is 12.1 Å². The van der Waals surface area contributed by atoms with E-state index in [1.807, 2.05) is 0 Å². The Morgan fingerprint density at radius 3 is 2.78 bits per heavy atom. The number of fused-ring (bicyclic) bond motifs is 1. The van der Waals surface area contributed by atoms with Crippen LogP contribution in [0, 0.1) is 13.8 Å². The summed E-state index contributed by atoms with van der Waals surface area (Å²) in [6.45, 7) is 6.38. The van der Waals surface area contributed by atoms with Gasteiger partial charge in [-0.15, -0.1) is 0 Å². The Labute approximate surface area is 117 Å². The van der Waals surface area contributed by atoms with Crippen LogP contribution in [0.4, 0.5) is 0 Å². The van der Waals surface area contributed by atoms with Crippen LogP contribution in [0.3, 0.4) is 0 Å². The summed E-state index contributed by atoms with van der Waals surface area (Å²) in [6.07, 6.45) is 2.27. The lowest BCUT2D eigenvalue weighted by Gasteiger charge is -2.19. The zero-order chi connectivity index (χ0) is 13.3. The summed E-state index contributed by atoms with van der Waals surface area (Å²) in [5.41, 5.74) is 6.74. The maximum atomic E-state index is 6.07. The molecule has 0 bridgehead atoms. The van der Waals surface area contributed by atoms with Crippen LogP contribution < -0.4 is 10.2 Å². The monoisotopic (exact) mass is 313 g/mol. The molecule has 0 saturated carbocycles. The molecule has 0 aromatic heterocycles. The number of nitrogens with one attached hydrogen (secondary N) is 1. The highest BCUT2D eigenvalue weighted by atomic mass is 79.9. The smallest absolute Gasteiger partial charge is 0.125 e. The second-order valence-electron chi connectivity index (χ2n) is 4.79. The van der Waals surface area contributed by atoms with Crippen molar-refractivity contribution in [1.82, 2.24) is 5.48 Å². The van der Waals surface area contributed by atoms with Gasteiger partial charge in [-0.05, 0) is 37.5 Å². The number of hydrogen-bond donors (Lipinski definition) is 1. The van der Waals surface area contributed by atoms with E-state index in [0.29, 0.717) is 0 Å². The lowest BCUT2D eigenvalue weighted by Crippen LogP contribution is -2.30. The van der Waals surface area contributed by atoms with Crippen LogP contribution in [0.5, 0.6) is 5.75 Å². The van der Waals surface area contributed by atoms with Crippen LogP contribution in [-0.2, 0) is 4.84 Å². The molecule has 100 valence electrons. The predicted molar refractivity (Wildman–Crippen MR) is 75.8 cm³/mol. The van der Waals surface area contributed by atoms with Crippen molar-refractivity contribution in [1.29, 1.82) is 0 Å². The van der Waals surface area contributed by atoms with Crippen molar-refractivity contribution >= 4 is 15.9 Å². The van der Waals surface area contributed by atoms with Gasteiger partial charge in [-0.2, -0.15) is 5.48 Å². The van der Waals surface area contributed by atoms with Gasteiger partial charge in [-0.1, -0.05) is 29.3 Å². The fourth-order valence-electron chi connectivity index (χ4n) is 2.61. The second-order valence-corrected chi connectivity index (χ2v) is 5.58. The molecule has 1 N–H and O–H groups in total.